The third-order valence-corrected chi connectivity index (χ3v) is 3.84. The summed E-state index contributed by atoms with van der Waals surface area (Å²) < 4.78 is 2.00. The number of anilines is 1. The molecule has 2 N–H and O–H groups in total. The van der Waals surface area contributed by atoms with Crippen molar-refractivity contribution in [3.05, 3.63) is 40.9 Å². The fourth-order valence-electron chi connectivity index (χ4n) is 1.95. The van der Waals surface area contributed by atoms with Crippen LogP contribution in [0.1, 0.15) is 11.3 Å². The van der Waals surface area contributed by atoms with Crippen molar-refractivity contribution in [3.63, 3.8) is 0 Å². The summed E-state index contributed by atoms with van der Waals surface area (Å²) >= 11 is 1.62. The summed E-state index contributed by atoms with van der Waals surface area (Å²) in [6.07, 6.45) is 0. The second-order valence-electron chi connectivity index (χ2n) is 4.21. The summed E-state index contributed by atoms with van der Waals surface area (Å²) in [6, 6.07) is 8.28. The van der Waals surface area contributed by atoms with Gasteiger partial charge in [0.1, 0.15) is 11.5 Å². The predicted molar refractivity (Wildman–Crippen MR) is 72.4 cm³/mol. The molecule has 4 heteroatoms. The molecule has 0 aliphatic carbocycles. The second kappa shape index (κ2) is 3.60. The van der Waals surface area contributed by atoms with Gasteiger partial charge in [-0.1, -0.05) is 29.8 Å². The Bertz CT molecular complexity index is 677. The summed E-state index contributed by atoms with van der Waals surface area (Å²) in [4.78, 5) is 5.54. The lowest BCUT2D eigenvalue weighted by Crippen LogP contribution is -1.94. The normalized spacial score (nSPS) is 11.2. The van der Waals surface area contributed by atoms with E-state index < -0.39 is 0 Å². The lowest BCUT2D eigenvalue weighted by molar-refractivity contribution is 1.14. The number of fused-ring (bicyclic) bond motifs is 1. The van der Waals surface area contributed by atoms with Gasteiger partial charge in [0.05, 0.1) is 0 Å². The van der Waals surface area contributed by atoms with Gasteiger partial charge >= 0.3 is 0 Å². The molecule has 0 spiro atoms. The van der Waals surface area contributed by atoms with Gasteiger partial charge in [0.2, 0.25) is 0 Å². The molecule has 3 aromatic rings. The maximum absolute atomic E-state index is 6.16. The van der Waals surface area contributed by atoms with Crippen LogP contribution in [0.15, 0.2) is 29.6 Å². The first-order chi connectivity index (χ1) is 8.16. The van der Waals surface area contributed by atoms with E-state index in [1.165, 1.54) is 5.56 Å². The number of thiazole rings is 1. The molecule has 86 valence electrons. The number of nitrogen functional groups attached to an aromatic ring is 1. The molecule has 0 aliphatic heterocycles. The molecule has 17 heavy (non-hydrogen) atoms. The van der Waals surface area contributed by atoms with Gasteiger partial charge in [-0.2, -0.15) is 0 Å². The van der Waals surface area contributed by atoms with E-state index in [2.05, 4.69) is 41.6 Å². The van der Waals surface area contributed by atoms with Crippen molar-refractivity contribution in [2.75, 3.05) is 5.73 Å². The Morgan fingerprint density at radius 1 is 1.18 bits per heavy atom. The van der Waals surface area contributed by atoms with Crippen molar-refractivity contribution in [3.8, 4) is 11.3 Å². The van der Waals surface area contributed by atoms with Crippen molar-refractivity contribution in [1.82, 2.24) is 9.38 Å². The number of hydrogen-bond donors (Lipinski definition) is 1. The Kier molecular flexibility index (Phi) is 2.19. The van der Waals surface area contributed by atoms with E-state index in [4.69, 9.17) is 5.73 Å². The van der Waals surface area contributed by atoms with Crippen LogP contribution in [0.25, 0.3) is 16.2 Å². The SMILES string of the molecule is Cc1ccc(-c2nc3scc(C)n3c2N)cc1. The van der Waals surface area contributed by atoms with Crippen molar-refractivity contribution in [2.45, 2.75) is 13.8 Å². The van der Waals surface area contributed by atoms with Crippen LogP contribution in [0, 0.1) is 13.8 Å². The molecule has 0 amide bonds. The smallest absolute Gasteiger partial charge is 0.196 e. The average molecular weight is 243 g/mol. The van der Waals surface area contributed by atoms with E-state index in [9.17, 15) is 0 Å². The van der Waals surface area contributed by atoms with Gasteiger partial charge in [0.15, 0.2) is 4.96 Å². The standard InChI is InChI=1S/C13H13N3S/c1-8-3-5-10(6-4-8)11-12(14)16-9(2)7-17-13(16)15-11/h3-7H,14H2,1-2H3. The van der Waals surface area contributed by atoms with Gasteiger partial charge in [-0.05, 0) is 13.8 Å². The van der Waals surface area contributed by atoms with Crippen molar-refractivity contribution in [2.24, 2.45) is 0 Å². The summed E-state index contributed by atoms with van der Waals surface area (Å²) in [5, 5.41) is 2.07. The van der Waals surface area contributed by atoms with Crippen LogP contribution < -0.4 is 5.73 Å². The zero-order valence-electron chi connectivity index (χ0n) is 9.77. The van der Waals surface area contributed by atoms with Crippen LogP contribution in [-0.4, -0.2) is 9.38 Å². The first-order valence-electron chi connectivity index (χ1n) is 5.46. The minimum atomic E-state index is 0.725. The van der Waals surface area contributed by atoms with Crippen LogP contribution in [0.2, 0.25) is 0 Å². The second-order valence-corrected chi connectivity index (χ2v) is 5.04. The molecule has 0 bridgehead atoms. The highest BCUT2D eigenvalue weighted by Gasteiger charge is 2.13. The topological polar surface area (TPSA) is 43.3 Å². The van der Waals surface area contributed by atoms with E-state index in [0.717, 1.165) is 27.7 Å². The Balaban J connectivity index is 2.23. The van der Waals surface area contributed by atoms with E-state index in [1.807, 2.05) is 11.3 Å². The largest absolute Gasteiger partial charge is 0.383 e. The number of imidazole rings is 1. The van der Waals surface area contributed by atoms with E-state index in [1.54, 1.807) is 11.3 Å². The van der Waals surface area contributed by atoms with Gasteiger partial charge < -0.3 is 5.73 Å². The van der Waals surface area contributed by atoms with Gasteiger partial charge in [0.25, 0.3) is 0 Å². The van der Waals surface area contributed by atoms with Gasteiger partial charge in [0, 0.05) is 16.6 Å². The third-order valence-electron chi connectivity index (χ3n) is 2.89. The van der Waals surface area contributed by atoms with E-state index in [0.29, 0.717) is 0 Å². The Hall–Kier alpha value is -1.81. The van der Waals surface area contributed by atoms with Crippen LogP contribution in [-0.2, 0) is 0 Å². The summed E-state index contributed by atoms with van der Waals surface area (Å²) in [7, 11) is 0. The van der Waals surface area contributed by atoms with Gasteiger partial charge in [-0.25, -0.2) is 4.98 Å². The van der Waals surface area contributed by atoms with Crippen LogP contribution >= 0.6 is 11.3 Å². The number of nitrogens with two attached hydrogens (primary N) is 1. The molecule has 0 unspecified atom stereocenters. The van der Waals surface area contributed by atoms with Crippen LogP contribution in [0.5, 0.6) is 0 Å². The van der Waals surface area contributed by atoms with Crippen molar-refractivity contribution >= 4 is 22.1 Å². The lowest BCUT2D eigenvalue weighted by Gasteiger charge is -2.00. The monoisotopic (exact) mass is 243 g/mol. The number of hydrogen-bond acceptors (Lipinski definition) is 3. The molecule has 2 aromatic heterocycles. The first-order valence-corrected chi connectivity index (χ1v) is 6.34. The van der Waals surface area contributed by atoms with Crippen molar-refractivity contribution in [1.29, 1.82) is 0 Å². The molecule has 0 radical (unpaired) electrons. The summed E-state index contributed by atoms with van der Waals surface area (Å²) in [5.74, 6) is 0.725. The third kappa shape index (κ3) is 1.52. The van der Waals surface area contributed by atoms with E-state index >= 15 is 0 Å². The molecule has 0 aliphatic rings. The highest BCUT2D eigenvalue weighted by molar-refractivity contribution is 7.15. The maximum Gasteiger partial charge on any atom is 0.196 e. The minimum absolute atomic E-state index is 0.725. The summed E-state index contributed by atoms with van der Waals surface area (Å²) in [6.45, 7) is 4.11. The molecule has 2 heterocycles. The Morgan fingerprint density at radius 3 is 2.53 bits per heavy atom. The Morgan fingerprint density at radius 2 is 1.88 bits per heavy atom. The number of nitrogens with zero attached hydrogens (tertiary/aromatic N) is 2. The number of benzene rings is 1. The molecular formula is C13H13N3S. The molecule has 0 saturated heterocycles. The fraction of sp³-hybridized carbons (Fsp3) is 0.154. The van der Waals surface area contributed by atoms with Crippen LogP contribution in [0.3, 0.4) is 0 Å². The van der Waals surface area contributed by atoms with Gasteiger partial charge in [-0.15, -0.1) is 11.3 Å². The Labute approximate surface area is 104 Å². The van der Waals surface area contributed by atoms with Crippen LogP contribution in [0.4, 0.5) is 5.82 Å². The van der Waals surface area contributed by atoms with E-state index in [-0.39, 0.29) is 0 Å². The molecule has 3 nitrogen and oxygen atoms in total. The van der Waals surface area contributed by atoms with Gasteiger partial charge in [-0.3, -0.25) is 4.40 Å². The highest BCUT2D eigenvalue weighted by atomic mass is 32.1. The summed E-state index contributed by atoms with van der Waals surface area (Å²) in [5.41, 5.74) is 10.5. The average Bonchev–Trinajstić information content (AvgIpc) is 2.83. The minimum Gasteiger partial charge on any atom is -0.383 e. The molecule has 0 saturated carbocycles. The number of rotatable bonds is 1. The molecular weight excluding hydrogens is 230 g/mol. The number of aromatic nitrogens is 2. The number of aryl methyl sites for hydroxylation is 2. The van der Waals surface area contributed by atoms with Crippen molar-refractivity contribution < 1.29 is 0 Å². The molecule has 3 rings (SSSR count). The quantitative estimate of drug-likeness (QED) is 0.713. The predicted octanol–water partition coefficient (Wildman–Crippen LogP) is 3.26. The first kappa shape index (κ1) is 10.4. The fourth-order valence-corrected chi connectivity index (χ4v) is 2.82. The lowest BCUT2D eigenvalue weighted by atomic mass is 10.1. The highest BCUT2D eigenvalue weighted by Crippen LogP contribution is 2.30. The molecule has 0 atom stereocenters. The zero-order chi connectivity index (χ0) is 12.0. The molecule has 0 fully saturated rings. The zero-order valence-corrected chi connectivity index (χ0v) is 10.6. The maximum atomic E-state index is 6.16. The molecule has 1 aromatic carbocycles.